The third kappa shape index (κ3) is 4.81. The van der Waals surface area contributed by atoms with Gasteiger partial charge in [-0.1, -0.05) is 0 Å². The number of rotatable bonds is 6. The summed E-state index contributed by atoms with van der Waals surface area (Å²) in [5, 5.41) is 12.3. The maximum Gasteiger partial charge on any atom is 0.389 e. The number of hydrogen-bond acceptors (Lipinski definition) is 3. The second-order valence-corrected chi connectivity index (χ2v) is 4.64. The normalized spacial score (nSPS) is 29.8. The molecule has 0 radical (unpaired) electrons. The average molecular weight is 255 g/mol. The molecule has 0 spiro atoms. The molecule has 0 aromatic carbocycles. The van der Waals surface area contributed by atoms with Gasteiger partial charge in [-0.3, -0.25) is 0 Å². The first-order chi connectivity index (χ1) is 7.91. The second-order valence-electron chi connectivity index (χ2n) is 4.64. The van der Waals surface area contributed by atoms with E-state index in [9.17, 15) is 18.3 Å². The van der Waals surface area contributed by atoms with Crippen LogP contribution in [0, 0.1) is 0 Å². The number of halogens is 3. The largest absolute Gasteiger partial charge is 0.394 e. The van der Waals surface area contributed by atoms with E-state index in [1.807, 2.05) is 0 Å². The molecule has 0 heterocycles. The zero-order valence-corrected chi connectivity index (χ0v) is 10.0. The molecular weight excluding hydrogens is 235 g/mol. The lowest BCUT2D eigenvalue weighted by molar-refractivity contribution is -0.138. The molecule has 0 aromatic rings. The van der Waals surface area contributed by atoms with Crippen LogP contribution in [0.15, 0.2) is 0 Å². The smallest absolute Gasteiger partial charge is 0.389 e. The number of alkyl halides is 3. The second kappa shape index (κ2) is 6.02. The van der Waals surface area contributed by atoms with E-state index in [1.54, 1.807) is 7.05 Å². The van der Waals surface area contributed by atoms with Crippen LogP contribution in [0.5, 0.6) is 0 Å². The van der Waals surface area contributed by atoms with Crippen LogP contribution in [0.25, 0.3) is 0 Å². The molecule has 1 fully saturated rings. The van der Waals surface area contributed by atoms with E-state index in [1.165, 1.54) is 0 Å². The molecule has 1 aliphatic carbocycles. The zero-order chi connectivity index (χ0) is 12.9. The first-order valence-electron chi connectivity index (χ1n) is 5.89. The third-order valence-corrected chi connectivity index (χ3v) is 3.35. The first-order valence-corrected chi connectivity index (χ1v) is 5.89. The van der Waals surface area contributed by atoms with Crippen molar-refractivity contribution in [2.45, 2.75) is 49.9 Å². The summed E-state index contributed by atoms with van der Waals surface area (Å²) >= 11 is 0. The minimum atomic E-state index is -4.10. The van der Waals surface area contributed by atoms with Gasteiger partial charge in [0.1, 0.15) is 0 Å². The Kier molecular flexibility index (Phi) is 5.22. The van der Waals surface area contributed by atoms with Crippen LogP contribution in [0.1, 0.15) is 32.1 Å². The summed E-state index contributed by atoms with van der Waals surface area (Å²) in [4.78, 5) is 0. The molecule has 17 heavy (non-hydrogen) atoms. The maximum atomic E-state index is 11.9. The summed E-state index contributed by atoms with van der Waals surface area (Å²) in [6, 6.07) is 0. The average Bonchev–Trinajstić information content (AvgIpc) is 2.68. The monoisotopic (exact) mass is 255 g/mol. The minimum Gasteiger partial charge on any atom is -0.394 e. The molecule has 102 valence electrons. The van der Waals surface area contributed by atoms with E-state index in [2.05, 4.69) is 5.32 Å². The summed E-state index contributed by atoms with van der Waals surface area (Å²) in [5.41, 5.74) is -0.311. The quantitative estimate of drug-likeness (QED) is 0.712. The van der Waals surface area contributed by atoms with Gasteiger partial charge in [0.2, 0.25) is 0 Å². The van der Waals surface area contributed by atoms with Gasteiger partial charge in [0.05, 0.1) is 12.7 Å². The Morgan fingerprint density at radius 1 is 1.47 bits per heavy atom. The van der Waals surface area contributed by atoms with Crippen molar-refractivity contribution in [2.75, 3.05) is 20.3 Å². The lowest BCUT2D eigenvalue weighted by atomic mass is 9.99. The summed E-state index contributed by atoms with van der Waals surface area (Å²) in [6.45, 7) is 0.168. The molecule has 1 rings (SSSR count). The highest BCUT2D eigenvalue weighted by molar-refractivity contribution is 4.95. The van der Waals surface area contributed by atoms with E-state index in [0.717, 1.165) is 12.8 Å². The summed E-state index contributed by atoms with van der Waals surface area (Å²) < 4.78 is 41.1. The molecular formula is C11H20F3NO2. The van der Waals surface area contributed by atoms with Gasteiger partial charge >= 0.3 is 6.18 Å². The molecule has 0 aliphatic heterocycles. The van der Waals surface area contributed by atoms with E-state index in [4.69, 9.17) is 4.74 Å². The lowest BCUT2D eigenvalue weighted by Gasteiger charge is -2.26. The van der Waals surface area contributed by atoms with Crippen LogP contribution in [0.3, 0.4) is 0 Å². The van der Waals surface area contributed by atoms with Gasteiger partial charge in [-0.15, -0.1) is 0 Å². The van der Waals surface area contributed by atoms with Crippen molar-refractivity contribution in [2.24, 2.45) is 0 Å². The Morgan fingerprint density at radius 2 is 2.18 bits per heavy atom. The Morgan fingerprint density at radius 3 is 2.65 bits per heavy atom. The van der Waals surface area contributed by atoms with Crippen molar-refractivity contribution >= 4 is 0 Å². The highest BCUT2D eigenvalue weighted by Gasteiger charge is 2.37. The van der Waals surface area contributed by atoms with Crippen LogP contribution in [0.2, 0.25) is 0 Å². The molecule has 2 unspecified atom stereocenters. The van der Waals surface area contributed by atoms with Crippen molar-refractivity contribution in [1.29, 1.82) is 0 Å². The SMILES string of the molecule is CNC1(CO)CCC(OCCCC(F)(F)F)C1. The fraction of sp³-hybridized carbons (Fsp3) is 1.00. The van der Waals surface area contributed by atoms with E-state index >= 15 is 0 Å². The summed E-state index contributed by atoms with van der Waals surface area (Å²) in [6.07, 6.45) is -2.69. The number of nitrogens with one attached hydrogen (secondary N) is 1. The Balaban J connectivity index is 2.18. The first kappa shape index (κ1) is 14.7. The minimum absolute atomic E-state index is 0.00563. The molecule has 3 nitrogen and oxygen atoms in total. The number of hydrogen-bond donors (Lipinski definition) is 2. The van der Waals surface area contributed by atoms with Gasteiger partial charge in [0.15, 0.2) is 0 Å². The summed E-state index contributed by atoms with van der Waals surface area (Å²) in [5.74, 6) is 0. The van der Waals surface area contributed by atoms with E-state index in [0.29, 0.717) is 6.42 Å². The topological polar surface area (TPSA) is 41.5 Å². The predicted octanol–water partition coefficient (Wildman–Crippen LogP) is 1.85. The maximum absolute atomic E-state index is 11.9. The number of likely N-dealkylation sites (N-methyl/N-ethyl adjacent to an activating group) is 1. The Bertz CT molecular complexity index is 229. The number of ether oxygens (including phenoxy) is 1. The van der Waals surface area contributed by atoms with Gasteiger partial charge in [0, 0.05) is 18.6 Å². The number of aliphatic hydroxyl groups excluding tert-OH is 1. The molecule has 0 bridgehead atoms. The molecule has 2 N–H and O–H groups in total. The van der Waals surface area contributed by atoms with Crippen LogP contribution < -0.4 is 5.32 Å². The highest BCUT2D eigenvalue weighted by atomic mass is 19.4. The van der Waals surface area contributed by atoms with Crippen LogP contribution in [0.4, 0.5) is 13.2 Å². The number of aliphatic hydroxyl groups is 1. The fourth-order valence-electron chi connectivity index (χ4n) is 2.19. The molecule has 6 heteroatoms. The molecule has 0 aromatic heterocycles. The van der Waals surface area contributed by atoms with Gasteiger partial charge in [0.25, 0.3) is 0 Å². The van der Waals surface area contributed by atoms with Crippen LogP contribution in [-0.2, 0) is 4.74 Å². The lowest BCUT2D eigenvalue weighted by Crippen LogP contribution is -2.44. The van der Waals surface area contributed by atoms with E-state index < -0.39 is 12.6 Å². The Labute approximate surface area is 99.3 Å². The van der Waals surface area contributed by atoms with Gasteiger partial charge in [-0.05, 0) is 32.7 Å². The van der Waals surface area contributed by atoms with Gasteiger partial charge in [-0.25, -0.2) is 0 Å². The van der Waals surface area contributed by atoms with Crippen molar-refractivity contribution in [3.8, 4) is 0 Å². The molecule has 0 saturated heterocycles. The Hall–Kier alpha value is -0.330. The molecule has 1 aliphatic rings. The van der Waals surface area contributed by atoms with Crippen molar-refractivity contribution < 1.29 is 23.0 Å². The molecule has 0 amide bonds. The van der Waals surface area contributed by atoms with Crippen LogP contribution in [-0.4, -0.2) is 43.2 Å². The van der Waals surface area contributed by atoms with Gasteiger partial charge < -0.3 is 15.2 Å². The third-order valence-electron chi connectivity index (χ3n) is 3.35. The van der Waals surface area contributed by atoms with Crippen molar-refractivity contribution in [3.63, 3.8) is 0 Å². The highest BCUT2D eigenvalue weighted by Crippen LogP contribution is 2.31. The molecule has 2 atom stereocenters. The van der Waals surface area contributed by atoms with Gasteiger partial charge in [-0.2, -0.15) is 13.2 Å². The van der Waals surface area contributed by atoms with E-state index in [-0.39, 0.29) is 31.3 Å². The molecule has 1 saturated carbocycles. The zero-order valence-electron chi connectivity index (χ0n) is 10.0. The summed E-state index contributed by atoms with van der Waals surface area (Å²) in [7, 11) is 1.78. The standard InChI is InChI=1S/C11H20F3NO2/c1-15-10(8-16)5-3-9(7-10)17-6-2-4-11(12,13)14/h9,15-16H,2-8H2,1H3. The fourth-order valence-corrected chi connectivity index (χ4v) is 2.19. The van der Waals surface area contributed by atoms with Crippen molar-refractivity contribution in [1.82, 2.24) is 5.32 Å². The predicted molar refractivity (Wildman–Crippen MR) is 57.8 cm³/mol. The van der Waals surface area contributed by atoms with Crippen molar-refractivity contribution in [3.05, 3.63) is 0 Å². The van der Waals surface area contributed by atoms with Crippen LogP contribution >= 0.6 is 0 Å².